The molecule has 70 valence electrons. The van der Waals surface area contributed by atoms with E-state index in [9.17, 15) is 9.59 Å². The molecule has 1 saturated heterocycles. The Labute approximate surface area is 91.8 Å². The van der Waals surface area contributed by atoms with E-state index in [0.29, 0.717) is 0 Å². The summed E-state index contributed by atoms with van der Waals surface area (Å²) in [7, 11) is 0. The highest BCUT2D eigenvalue weighted by atomic mass is 79.9. The maximum absolute atomic E-state index is 11.2. The molecule has 2 rings (SSSR count). The van der Waals surface area contributed by atoms with Crippen molar-refractivity contribution in [3.8, 4) is 0 Å². The lowest BCUT2D eigenvalue weighted by molar-refractivity contribution is -0.153. The van der Waals surface area contributed by atoms with E-state index < -0.39 is 17.9 Å². The SMILES string of the molecule is O=C1OC(=O)C2C1C=CC(Br)C2Br. The molecular formula is C8H6Br2O3. The van der Waals surface area contributed by atoms with E-state index in [1.54, 1.807) is 6.08 Å². The quantitative estimate of drug-likeness (QED) is 0.294. The number of carbonyl (C=O) groups excluding carboxylic acids is 2. The van der Waals surface area contributed by atoms with Gasteiger partial charge in [-0.1, -0.05) is 44.0 Å². The minimum atomic E-state index is -0.435. The number of hydrogen-bond acceptors (Lipinski definition) is 3. The van der Waals surface area contributed by atoms with Crippen LogP contribution in [0.1, 0.15) is 0 Å². The third kappa shape index (κ3) is 1.38. The maximum atomic E-state index is 11.2. The van der Waals surface area contributed by atoms with Crippen LogP contribution in [0.4, 0.5) is 0 Å². The Morgan fingerprint density at radius 1 is 1.15 bits per heavy atom. The number of carbonyl (C=O) groups is 2. The number of halogens is 2. The van der Waals surface area contributed by atoms with Crippen molar-refractivity contribution in [3.05, 3.63) is 12.2 Å². The Kier molecular flexibility index (Phi) is 2.32. The van der Waals surface area contributed by atoms with Crippen molar-refractivity contribution >= 4 is 43.8 Å². The molecule has 0 N–H and O–H groups in total. The van der Waals surface area contributed by atoms with Gasteiger partial charge in [0.2, 0.25) is 0 Å². The molecule has 0 bridgehead atoms. The number of ether oxygens (including phenoxy) is 1. The lowest BCUT2D eigenvalue weighted by atomic mass is 9.86. The molecule has 0 aromatic rings. The molecule has 4 unspecified atom stereocenters. The van der Waals surface area contributed by atoms with Crippen molar-refractivity contribution in [2.75, 3.05) is 0 Å². The van der Waals surface area contributed by atoms with Gasteiger partial charge in [-0.2, -0.15) is 0 Å². The fourth-order valence-corrected chi connectivity index (χ4v) is 2.81. The van der Waals surface area contributed by atoms with Crippen LogP contribution in [0.2, 0.25) is 0 Å². The van der Waals surface area contributed by atoms with Crippen molar-refractivity contribution < 1.29 is 14.3 Å². The predicted molar refractivity (Wildman–Crippen MR) is 52.6 cm³/mol. The van der Waals surface area contributed by atoms with Crippen molar-refractivity contribution in [3.63, 3.8) is 0 Å². The first-order valence-electron chi connectivity index (χ1n) is 3.83. The first-order valence-corrected chi connectivity index (χ1v) is 5.66. The molecule has 4 atom stereocenters. The molecule has 1 fully saturated rings. The highest BCUT2D eigenvalue weighted by Crippen LogP contribution is 2.39. The van der Waals surface area contributed by atoms with E-state index in [4.69, 9.17) is 0 Å². The third-order valence-corrected chi connectivity index (χ3v) is 5.01. The van der Waals surface area contributed by atoms with Crippen LogP contribution in [0.25, 0.3) is 0 Å². The van der Waals surface area contributed by atoms with Gasteiger partial charge >= 0.3 is 11.9 Å². The van der Waals surface area contributed by atoms with Gasteiger partial charge in [0.25, 0.3) is 0 Å². The summed E-state index contributed by atoms with van der Waals surface area (Å²) in [6, 6.07) is 0. The Morgan fingerprint density at radius 2 is 1.85 bits per heavy atom. The van der Waals surface area contributed by atoms with Gasteiger partial charge in [0.1, 0.15) is 0 Å². The number of allylic oxidation sites excluding steroid dienone is 1. The molecule has 5 heteroatoms. The molecular weight excluding hydrogens is 304 g/mol. The van der Waals surface area contributed by atoms with E-state index in [-0.39, 0.29) is 15.6 Å². The Balaban J connectivity index is 2.36. The Hall–Kier alpha value is -0.160. The normalized spacial score (nSPS) is 43.2. The molecule has 0 spiro atoms. The number of hydrogen-bond donors (Lipinski definition) is 0. The number of alkyl halides is 2. The number of cyclic esters (lactones) is 2. The summed E-state index contributed by atoms with van der Waals surface area (Å²) in [5.41, 5.74) is 0. The van der Waals surface area contributed by atoms with Gasteiger partial charge in [-0.25, -0.2) is 0 Å². The summed E-state index contributed by atoms with van der Waals surface area (Å²) in [5, 5.41) is 0. The van der Waals surface area contributed by atoms with Gasteiger partial charge in [-0.15, -0.1) is 0 Å². The molecule has 1 aliphatic heterocycles. The first kappa shape index (κ1) is 9.40. The van der Waals surface area contributed by atoms with Gasteiger partial charge in [0.15, 0.2) is 0 Å². The summed E-state index contributed by atoms with van der Waals surface area (Å²) in [5.74, 6) is -1.63. The van der Waals surface area contributed by atoms with Crippen molar-refractivity contribution in [1.82, 2.24) is 0 Å². The molecule has 0 amide bonds. The zero-order valence-electron chi connectivity index (χ0n) is 6.44. The molecule has 1 aliphatic carbocycles. The van der Waals surface area contributed by atoms with Crippen LogP contribution < -0.4 is 0 Å². The molecule has 0 radical (unpaired) electrons. The summed E-state index contributed by atoms with van der Waals surface area (Å²) in [6.07, 6.45) is 3.59. The standard InChI is InChI=1S/C8H6Br2O3/c9-4-2-1-3-5(6(4)10)8(12)13-7(3)11/h1-6H. The fourth-order valence-electron chi connectivity index (χ4n) is 1.58. The second-order valence-electron chi connectivity index (χ2n) is 3.07. The van der Waals surface area contributed by atoms with Crippen LogP contribution in [-0.2, 0) is 14.3 Å². The zero-order valence-corrected chi connectivity index (χ0v) is 9.62. The van der Waals surface area contributed by atoms with E-state index in [2.05, 4.69) is 36.6 Å². The maximum Gasteiger partial charge on any atom is 0.321 e. The minimum Gasteiger partial charge on any atom is -0.392 e. The summed E-state index contributed by atoms with van der Waals surface area (Å²) < 4.78 is 4.55. The molecule has 1 heterocycles. The zero-order chi connectivity index (χ0) is 9.59. The third-order valence-electron chi connectivity index (χ3n) is 2.28. The summed E-state index contributed by atoms with van der Waals surface area (Å²) >= 11 is 6.76. The smallest absolute Gasteiger partial charge is 0.321 e. The molecule has 3 nitrogen and oxygen atoms in total. The second-order valence-corrected chi connectivity index (χ2v) is 5.18. The molecule has 0 saturated carbocycles. The average molecular weight is 310 g/mol. The molecule has 13 heavy (non-hydrogen) atoms. The van der Waals surface area contributed by atoms with Crippen LogP contribution in [0.15, 0.2) is 12.2 Å². The van der Waals surface area contributed by atoms with E-state index in [1.807, 2.05) is 6.08 Å². The number of esters is 2. The fraction of sp³-hybridized carbons (Fsp3) is 0.500. The van der Waals surface area contributed by atoms with Crippen LogP contribution in [0.5, 0.6) is 0 Å². The van der Waals surface area contributed by atoms with Gasteiger partial charge in [-0.3, -0.25) is 9.59 Å². The van der Waals surface area contributed by atoms with E-state index in [0.717, 1.165) is 0 Å². The van der Waals surface area contributed by atoms with Gasteiger partial charge < -0.3 is 4.74 Å². The predicted octanol–water partition coefficient (Wildman–Crippen LogP) is 1.40. The minimum absolute atomic E-state index is 0.0681. The topological polar surface area (TPSA) is 43.4 Å². The van der Waals surface area contributed by atoms with Crippen LogP contribution in [-0.4, -0.2) is 21.6 Å². The summed E-state index contributed by atoms with van der Waals surface area (Å²) in [6.45, 7) is 0. The number of fused-ring (bicyclic) bond motifs is 1. The molecule has 0 aromatic carbocycles. The van der Waals surface area contributed by atoms with Crippen LogP contribution in [0.3, 0.4) is 0 Å². The lowest BCUT2D eigenvalue weighted by Crippen LogP contribution is -2.34. The highest BCUT2D eigenvalue weighted by Gasteiger charge is 2.49. The molecule has 0 aromatic heterocycles. The average Bonchev–Trinajstić information content (AvgIpc) is 2.35. The Bertz CT molecular complexity index is 300. The van der Waals surface area contributed by atoms with E-state index in [1.165, 1.54) is 0 Å². The first-order chi connectivity index (χ1) is 6.11. The Morgan fingerprint density at radius 3 is 2.54 bits per heavy atom. The summed E-state index contributed by atoms with van der Waals surface area (Å²) in [4.78, 5) is 22.4. The van der Waals surface area contributed by atoms with Crippen molar-refractivity contribution in [2.24, 2.45) is 11.8 Å². The van der Waals surface area contributed by atoms with Crippen LogP contribution in [0, 0.1) is 11.8 Å². The largest absolute Gasteiger partial charge is 0.392 e. The van der Waals surface area contributed by atoms with Gasteiger partial charge in [0, 0.05) is 9.65 Å². The van der Waals surface area contributed by atoms with Gasteiger partial charge in [-0.05, 0) is 0 Å². The van der Waals surface area contributed by atoms with Crippen LogP contribution >= 0.6 is 31.9 Å². The molecule has 2 aliphatic rings. The van der Waals surface area contributed by atoms with Crippen molar-refractivity contribution in [1.29, 1.82) is 0 Å². The highest BCUT2D eigenvalue weighted by molar-refractivity contribution is 9.12. The van der Waals surface area contributed by atoms with E-state index >= 15 is 0 Å². The lowest BCUT2D eigenvalue weighted by Gasteiger charge is -2.24. The second kappa shape index (κ2) is 3.20. The van der Waals surface area contributed by atoms with Gasteiger partial charge in [0.05, 0.1) is 11.8 Å². The number of rotatable bonds is 0. The van der Waals surface area contributed by atoms with Crippen molar-refractivity contribution in [2.45, 2.75) is 9.65 Å². The monoisotopic (exact) mass is 308 g/mol.